The summed E-state index contributed by atoms with van der Waals surface area (Å²) >= 11 is 0. The Morgan fingerprint density at radius 2 is 2.09 bits per heavy atom. The molecule has 0 aliphatic rings. The van der Waals surface area contributed by atoms with Crippen molar-refractivity contribution in [2.75, 3.05) is 44.3 Å². The molecule has 0 saturated carbocycles. The molecule has 184 valence electrons. The van der Waals surface area contributed by atoms with Gasteiger partial charge in [-0.15, -0.1) is 0 Å². The molecule has 4 N–H and O–H groups in total. The number of benzene rings is 2. The third-order valence-corrected chi connectivity index (χ3v) is 6.33. The maximum absolute atomic E-state index is 11.8. The molecule has 0 aliphatic heterocycles. The molecule has 2 aromatic carbocycles. The number of nitrogens with zero attached hydrogens (tertiary/aromatic N) is 2. The molecule has 3 rings (SSSR count). The van der Waals surface area contributed by atoms with Crippen molar-refractivity contribution < 1.29 is 18.8 Å². The SMILES string of the molecule is CCS(=O)Nc1cccc([C@@H](O)CNCCOc2ccc3c(CCC(=O)N(C)C)[nH]nc3c2)c1. The molecule has 0 bridgehead atoms. The number of aromatic amines is 1. The maximum atomic E-state index is 11.8. The number of rotatable bonds is 13. The number of carbonyl (C=O) groups excluding carboxylic acids is 1. The van der Waals surface area contributed by atoms with E-state index < -0.39 is 17.1 Å². The molecular formula is C24H33N5O4S. The molecule has 9 nitrogen and oxygen atoms in total. The molecule has 10 heteroatoms. The van der Waals surface area contributed by atoms with Crippen molar-refractivity contribution in [1.29, 1.82) is 0 Å². The van der Waals surface area contributed by atoms with Crippen molar-refractivity contribution in [2.24, 2.45) is 0 Å². The summed E-state index contributed by atoms with van der Waals surface area (Å²) in [5.74, 6) is 1.30. The number of aromatic nitrogens is 2. The maximum Gasteiger partial charge on any atom is 0.222 e. The number of hydrogen-bond donors (Lipinski definition) is 4. The molecule has 2 atom stereocenters. The Morgan fingerprint density at radius 3 is 2.85 bits per heavy atom. The van der Waals surface area contributed by atoms with Gasteiger partial charge < -0.3 is 24.8 Å². The molecule has 1 heterocycles. The normalized spacial score (nSPS) is 12.9. The number of carbonyl (C=O) groups is 1. The van der Waals surface area contributed by atoms with Crippen molar-refractivity contribution in [3.05, 3.63) is 53.7 Å². The first-order chi connectivity index (χ1) is 16.4. The number of aliphatic hydroxyl groups is 1. The first kappa shape index (κ1) is 25.7. The summed E-state index contributed by atoms with van der Waals surface area (Å²) in [5, 5.41) is 22.0. The van der Waals surface area contributed by atoms with Crippen LogP contribution in [0.1, 0.15) is 30.7 Å². The Morgan fingerprint density at radius 1 is 1.26 bits per heavy atom. The lowest BCUT2D eigenvalue weighted by atomic mass is 10.1. The molecule has 1 amide bonds. The Bertz CT molecular complexity index is 1120. The molecule has 34 heavy (non-hydrogen) atoms. The van der Waals surface area contributed by atoms with Crippen molar-refractivity contribution in [3.63, 3.8) is 0 Å². The average molecular weight is 488 g/mol. The van der Waals surface area contributed by atoms with Crippen LogP contribution < -0.4 is 14.8 Å². The van der Waals surface area contributed by atoms with E-state index in [1.165, 1.54) is 0 Å². The van der Waals surface area contributed by atoms with Crippen LogP contribution in [-0.4, -0.2) is 69.9 Å². The van der Waals surface area contributed by atoms with Crippen LogP contribution in [0.15, 0.2) is 42.5 Å². The highest BCUT2D eigenvalue weighted by Gasteiger charge is 2.11. The summed E-state index contributed by atoms with van der Waals surface area (Å²) in [6.45, 7) is 3.21. The van der Waals surface area contributed by atoms with E-state index in [9.17, 15) is 14.1 Å². The van der Waals surface area contributed by atoms with E-state index in [0.29, 0.717) is 44.0 Å². The van der Waals surface area contributed by atoms with Gasteiger partial charge in [0, 0.05) is 62.2 Å². The third-order valence-electron chi connectivity index (χ3n) is 5.34. The summed E-state index contributed by atoms with van der Waals surface area (Å²) in [6.07, 6.45) is 0.351. The number of fused-ring (bicyclic) bond motifs is 1. The van der Waals surface area contributed by atoms with Gasteiger partial charge in [0.1, 0.15) is 23.3 Å². The second-order valence-corrected chi connectivity index (χ2v) is 9.57. The molecule has 0 spiro atoms. The molecule has 0 fully saturated rings. The van der Waals surface area contributed by atoms with Crippen LogP contribution in [-0.2, 0) is 22.2 Å². The molecule has 3 aromatic rings. The molecule has 1 unspecified atom stereocenters. The highest BCUT2D eigenvalue weighted by atomic mass is 32.2. The molecule has 1 aromatic heterocycles. The fourth-order valence-corrected chi connectivity index (χ4v) is 3.93. The average Bonchev–Trinajstić information content (AvgIpc) is 3.24. The topological polar surface area (TPSA) is 120 Å². The minimum Gasteiger partial charge on any atom is -0.492 e. The number of hydrogen-bond acceptors (Lipinski definition) is 6. The molecular weight excluding hydrogens is 454 g/mol. The zero-order valence-corrected chi connectivity index (χ0v) is 20.7. The summed E-state index contributed by atoms with van der Waals surface area (Å²) < 4.78 is 20.4. The van der Waals surface area contributed by atoms with Crippen LogP contribution >= 0.6 is 0 Å². The number of aliphatic hydroxyl groups excluding tert-OH is 1. The Balaban J connectivity index is 1.43. The predicted molar refractivity (Wildman–Crippen MR) is 135 cm³/mol. The zero-order chi connectivity index (χ0) is 24.5. The van der Waals surface area contributed by atoms with Gasteiger partial charge in [-0.1, -0.05) is 19.1 Å². The lowest BCUT2D eigenvalue weighted by Gasteiger charge is -2.14. The Labute approximate surface area is 202 Å². The first-order valence-electron chi connectivity index (χ1n) is 11.3. The van der Waals surface area contributed by atoms with E-state index in [-0.39, 0.29) is 5.91 Å². The van der Waals surface area contributed by atoms with E-state index in [4.69, 9.17) is 4.74 Å². The second kappa shape index (κ2) is 12.5. The number of amides is 1. The summed E-state index contributed by atoms with van der Waals surface area (Å²) in [6, 6.07) is 13.0. The third kappa shape index (κ3) is 7.28. The summed E-state index contributed by atoms with van der Waals surface area (Å²) in [7, 11) is 2.38. The summed E-state index contributed by atoms with van der Waals surface area (Å²) in [5.41, 5.74) is 3.21. The van der Waals surface area contributed by atoms with Crippen molar-refractivity contribution in [2.45, 2.75) is 25.9 Å². The largest absolute Gasteiger partial charge is 0.492 e. The smallest absolute Gasteiger partial charge is 0.222 e. The Kier molecular flexibility index (Phi) is 9.43. The van der Waals surface area contributed by atoms with Crippen molar-refractivity contribution in [3.8, 4) is 5.75 Å². The number of anilines is 1. The van der Waals surface area contributed by atoms with E-state index in [0.717, 1.165) is 27.8 Å². The molecule has 0 radical (unpaired) electrons. The van der Waals surface area contributed by atoms with Crippen LogP contribution in [0.4, 0.5) is 5.69 Å². The van der Waals surface area contributed by atoms with Gasteiger partial charge >= 0.3 is 0 Å². The lowest BCUT2D eigenvalue weighted by Crippen LogP contribution is -2.26. The monoisotopic (exact) mass is 487 g/mol. The minimum absolute atomic E-state index is 0.0811. The number of H-pyrrole nitrogens is 1. The van der Waals surface area contributed by atoms with Gasteiger partial charge in [0.25, 0.3) is 0 Å². The highest BCUT2D eigenvalue weighted by Crippen LogP contribution is 2.23. The molecule has 0 saturated heterocycles. The van der Waals surface area contributed by atoms with Gasteiger partial charge in [0.15, 0.2) is 0 Å². The fourth-order valence-electron chi connectivity index (χ4n) is 3.39. The van der Waals surface area contributed by atoms with Gasteiger partial charge in [-0.2, -0.15) is 5.10 Å². The van der Waals surface area contributed by atoms with Crippen LogP contribution in [0.5, 0.6) is 5.75 Å². The summed E-state index contributed by atoms with van der Waals surface area (Å²) in [4.78, 5) is 13.4. The van der Waals surface area contributed by atoms with Crippen LogP contribution in [0, 0.1) is 0 Å². The lowest BCUT2D eigenvalue weighted by molar-refractivity contribution is -0.128. The van der Waals surface area contributed by atoms with Crippen molar-refractivity contribution >= 4 is 33.5 Å². The number of ether oxygens (including phenoxy) is 1. The number of nitrogens with one attached hydrogen (secondary N) is 3. The van der Waals surface area contributed by atoms with Gasteiger partial charge in [-0.05, 0) is 36.2 Å². The highest BCUT2D eigenvalue weighted by molar-refractivity contribution is 7.86. The zero-order valence-electron chi connectivity index (χ0n) is 19.8. The van der Waals surface area contributed by atoms with Crippen molar-refractivity contribution in [1.82, 2.24) is 20.4 Å². The van der Waals surface area contributed by atoms with Crippen LogP contribution in [0.3, 0.4) is 0 Å². The van der Waals surface area contributed by atoms with E-state index in [2.05, 4.69) is 20.2 Å². The van der Waals surface area contributed by atoms with Gasteiger partial charge in [0.05, 0.1) is 11.6 Å². The predicted octanol–water partition coefficient (Wildman–Crippen LogP) is 2.38. The fraction of sp³-hybridized carbons (Fsp3) is 0.417. The quantitative estimate of drug-likeness (QED) is 0.275. The van der Waals surface area contributed by atoms with E-state index >= 15 is 0 Å². The van der Waals surface area contributed by atoms with E-state index in [1.54, 1.807) is 25.1 Å². The second-order valence-electron chi connectivity index (χ2n) is 8.10. The Hall–Kier alpha value is -2.95. The van der Waals surface area contributed by atoms with Gasteiger partial charge in [-0.3, -0.25) is 9.89 Å². The first-order valence-corrected chi connectivity index (χ1v) is 12.6. The minimum atomic E-state index is -1.12. The van der Waals surface area contributed by atoms with Gasteiger partial charge in [-0.25, -0.2) is 4.21 Å². The van der Waals surface area contributed by atoms with Crippen LogP contribution in [0.2, 0.25) is 0 Å². The molecule has 0 aliphatic carbocycles. The van der Waals surface area contributed by atoms with Crippen LogP contribution in [0.25, 0.3) is 10.9 Å². The van der Waals surface area contributed by atoms with Gasteiger partial charge in [0.2, 0.25) is 5.91 Å². The van der Waals surface area contributed by atoms with E-state index in [1.807, 2.05) is 43.3 Å². The standard InChI is InChI=1S/C24H33N5O4S/c1-4-34(32)28-18-7-5-6-17(14-18)23(30)16-25-12-13-33-19-8-9-20-21(26-27-22(20)15-19)10-11-24(31)29(2)3/h5-9,14-15,23,25,28,30H,4,10-13,16H2,1-3H3,(H,26,27)/t23-,34?/m0/s1. The number of aryl methyl sites for hydroxylation is 1.